The number of ether oxygens (including phenoxy) is 1. The highest BCUT2D eigenvalue weighted by Gasteiger charge is 2.07. The Morgan fingerprint density at radius 2 is 1.90 bits per heavy atom. The molecule has 0 aliphatic carbocycles. The third-order valence-electron chi connectivity index (χ3n) is 2.98. The van der Waals surface area contributed by atoms with Crippen molar-refractivity contribution in [3.63, 3.8) is 0 Å². The summed E-state index contributed by atoms with van der Waals surface area (Å²) in [4.78, 5) is 11.8. The molecule has 2 rings (SSSR count). The third-order valence-corrected chi connectivity index (χ3v) is 2.98. The van der Waals surface area contributed by atoms with Crippen LogP contribution in [-0.2, 0) is 6.42 Å². The Balaban J connectivity index is 1.93. The van der Waals surface area contributed by atoms with Gasteiger partial charge in [-0.2, -0.15) is 0 Å². The molecule has 0 radical (unpaired) electrons. The summed E-state index contributed by atoms with van der Waals surface area (Å²) in [6.07, 6.45) is 2.13. The van der Waals surface area contributed by atoms with E-state index in [0.29, 0.717) is 11.3 Å². The van der Waals surface area contributed by atoms with Crippen molar-refractivity contribution in [1.82, 2.24) is 0 Å². The number of carbonyl (C=O) groups excluding carboxylic acids is 1. The molecular weight excluding hydrogens is 255 g/mol. The van der Waals surface area contributed by atoms with Gasteiger partial charge in [0.15, 0.2) is 12.4 Å². The molecule has 0 spiro atoms. The molecule has 0 aliphatic heterocycles. The van der Waals surface area contributed by atoms with E-state index in [1.54, 1.807) is 6.07 Å². The zero-order valence-corrected chi connectivity index (χ0v) is 11.4. The Morgan fingerprint density at radius 3 is 2.55 bits per heavy atom. The van der Waals surface area contributed by atoms with Gasteiger partial charge in [0.25, 0.3) is 0 Å². The summed E-state index contributed by atoms with van der Waals surface area (Å²) < 4.78 is 18.4. The van der Waals surface area contributed by atoms with Crippen molar-refractivity contribution in [2.45, 2.75) is 19.8 Å². The van der Waals surface area contributed by atoms with Gasteiger partial charge in [-0.25, -0.2) is 4.39 Å². The Morgan fingerprint density at radius 1 is 1.15 bits per heavy atom. The lowest BCUT2D eigenvalue weighted by Gasteiger charge is -2.06. The van der Waals surface area contributed by atoms with Gasteiger partial charge in [0.1, 0.15) is 11.6 Å². The number of aryl methyl sites for hydroxylation is 1. The fourth-order valence-electron chi connectivity index (χ4n) is 1.94. The van der Waals surface area contributed by atoms with Crippen LogP contribution < -0.4 is 4.74 Å². The summed E-state index contributed by atoms with van der Waals surface area (Å²) in [6.45, 7) is 2.04. The van der Waals surface area contributed by atoms with Crippen molar-refractivity contribution in [3.8, 4) is 5.75 Å². The van der Waals surface area contributed by atoms with Crippen LogP contribution in [0.3, 0.4) is 0 Å². The molecule has 0 saturated heterocycles. The van der Waals surface area contributed by atoms with Gasteiger partial charge in [-0.15, -0.1) is 0 Å². The second-order valence-corrected chi connectivity index (χ2v) is 4.62. The van der Waals surface area contributed by atoms with Gasteiger partial charge in [0.05, 0.1) is 0 Å². The molecule has 2 nitrogen and oxygen atoms in total. The Hall–Kier alpha value is -2.16. The van der Waals surface area contributed by atoms with Gasteiger partial charge in [0, 0.05) is 5.56 Å². The number of carbonyl (C=O) groups is 1. The highest BCUT2D eigenvalue weighted by Crippen LogP contribution is 2.14. The second kappa shape index (κ2) is 6.85. The molecule has 0 aromatic heterocycles. The molecule has 0 saturated carbocycles. The molecule has 0 amide bonds. The van der Waals surface area contributed by atoms with Crippen molar-refractivity contribution in [2.75, 3.05) is 6.61 Å². The average Bonchev–Trinajstić information content (AvgIpc) is 2.46. The van der Waals surface area contributed by atoms with Gasteiger partial charge in [-0.3, -0.25) is 4.79 Å². The quantitative estimate of drug-likeness (QED) is 0.742. The topological polar surface area (TPSA) is 26.3 Å². The van der Waals surface area contributed by atoms with Gasteiger partial charge in [-0.1, -0.05) is 37.6 Å². The van der Waals surface area contributed by atoms with Gasteiger partial charge in [0.2, 0.25) is 0 Å². The van der Waals surface area contributed by atoms with E-state index in [9.17, 15) is 9.18 Å². The van der Waals surface area contributed by atoms with Crippen LogP contribution in [0.15, 0.2) is 48.5 Å². The van der Waals surface area contributed by atoms with E-state index in [4.69, 9.17) is 4.74 Å². The van der Waals surface area contributed by atoms with Crippen LogP contribution in [0.25, 0.3) is 0 Å². The number of ketones is 1. The van der Waals surface area contributed by atoms with Gasteiger partial charge >= 0.3 is 0 Å². The molecule has 0 heterocycles. The minimum atomic E-state index is -0.417. The van der Waals surface area contributed by atoms with E-state index in [1.165, 1.54) is 23.8 Å². The maximum absolute atomic E-state index is 13.0. The minimum Gasteiger partial charge on any atom is -0.485 e. The molecule has 0 N–H and O–H groups in total. The average molecular weight is 272 g/mol. The zero-order chi connectivity index (χ0) is 14.4. The molecule has 0 unspecified atom stereocenters. The molecule has 0 atom stereocenters. The summed E-state index contributed by atoms with van der Waals surface area (Å²) >= 11 is 0. The maximum Gasteiger partial charge on any atom is 0.200 e. The lowest BCUT2D eigenvalue weighted by atomic mass is 10.1. The summed E-state index contributed by atoms with van der Waals surface area (Å²) in [5, 5.41) is 0. The molecule has 20 heavy (non-hydrogen) atoms. The third kappa shape index (κ3) is 3.92. The Labute approximate surface area is 118 Å². The van der Waals surface area contributed by atoms with Gasteiger partial charge in [-0.05, 0) is 36.2 Å². The van der Waals surface area contributed by atoms with Crippen molar-refractivity contribution < 1.29 is 13.9 Å². The molecule has 0 aliphatic rings. The second-order valence-electron chi connectivity index (χ2n) is 4.62. The minimum absolute atomic E-state index is 0.0867. The van der Waals surface area contributed by atoms with E-state index < -0.39 is 5.82 Å². The Kier molecular flexibility index (Phi) is 4.88. The standard InChI is InChI=1S/C17H17FO2/c1-2-4-13-7-9-16(10-8-13)20-12-17(19)14-5-3-6-15(18)11-14/h3,5-11H,2,4,12H2,1H3. The van der Waals surface area contributed by atoms with Crippen LogP contribution in [0.1, 0.15) is 29.3 Å². The van der Waals surface area contributed by atoms with Crippen LogP contribution in [0.4, 0.5) is 4.39 Å². The number of benzene rings is 2. The van der Waals surface area contributed by atoms with Crippen molar-refractivity contribution in [2.24, 2.45) is 0 Å². The molecule has 2 aromatic rings. The first-order valence-corrected chi connectivity index (χ1v) is 6.69. The maximum atomic E-state index is 13.0. The van der Waals surface area contributed by atoms with E-state index in [0.717, 1.165) is 12.8 Å². The molecule has 0 fully saturated rings. The normalized spacial score (nSPS) is 10.3. The smallest absolute Gasteiger partial charge is 0.200 e. The number of halogens is 1. The van der Waals surface area contributed by atoms with Crippen LogP contribution in [-0.4, -0.2) is 12.4 Å². The lowest BCUT2D eigenvalue weighted by Crippen LogP contribution is -2.11. The fraction of sp³-hybridized carbons (Fsp3) is 0.235. The first-order chi connectivity index (χ1) is 9.69. The lowest BCUT2D eigenvalue weighted by molar-refractivity contribution is 0.0921. The van der Waals surface area contributed by atoms with Crippen molar-refractivity contribution >= 4 is 5.78 Å². The first-order valence-electron chi connectivity index (χ1n) is 6.69. The number of hydrogen-bond acceptors (Lipinski definition) is 2. The SMILES string of the molecule is CCCc1ccc(OCC(=O)c2cccc(F)c2)cc1. The highest BCUT2D eigenvalue weighted by atomic mass is 19.1. The summed E-state index contributed by atoms with van der Waals surface area (Å²) in [5.41, 5.74) is 1.57. The van der Waals surface area contributed by atoms with Crippen LogP contribution in [0.5, 0.6) is 5.75 Å². The first kappa shape index (κ1) is 14.3. The predicted molar refractivity (Wildman–Crippen MR) is 76.7 cm³/mol. The van der Waals surface area contributed by atoms with Crippen LogP contribution >= 0.6 is 0 Å². The predicted octanol–water partition coefficient (Wildman–Crippen LogP) is 4.04. The van der Waals surface area contributed by atoms with E-state index in [-0.39, 0.29) is 12.4 Å². The zero-order valence-electron chi connectivity index (χ0n) is 11.4. The van der Waals surface area contributed by atoms with E-state index in [2.05, 4.69) is 6.92 Å². The molecule has 0 bridgehead atoms. The largest absolute Gasteiger partial charge is 0.485 e. The molecule has 3 heteroatoms. The fourth-order valence-corrected chi connectivity index (χ4v) is 1.94. The van der Waals surface area contributed by atoms with E-state index >= 15 is 0 Å². The summed E-state index contributed by atoms with van der Waals surface area (Å²) in [7, 11) is 0. The molecular formula is C17H17FO2. The number of hydrogen-bond donors (Lipinski definition) is 0. The Bertz CT molecular complexity index is 576. The van der Waals surface area contributed by atoms with Crippen LogP contribution in [0, 0.1) is 5.82 Å². The monoisotopic (exact) mass is 272 g/mol. The highest BCUT2D eigenvalue weighted by molar-refractivity contribution is 5.97. The van der Waals surface area contributed by atoms with Crippen molar-refractivity contribution in [1.29, 1.82) is 0 Å². The van der Waals surface area contributed by atoms with E-state index in [1.807, 2.05) is 24.3 Å². The molecule has 2 aromatic carbocycles. The number of rotatable bonds is 6. The summed E-state index contributed by atoms with van der Waals surface area (Å²) in [6, 6.07) is 13.3. The molecule has 104 valence electrons. The van der Waals surface area contributed by atoms with Crippen LogP contribution in [0.2, 0.25) is 0 Å². The van der Waals surface area contributed by atoms with Gasteiger partial charge < -0.3 is 4.74 Å². The van der Waals surface area contributed by atoms with Crippen molar-refractivity contribution in [3.05, 3.63) is 65.5 Å². The number of Topliss-reactive ketones (excluding diaryl/α,β-unsaturated/α-hetero) is 1. The summed E-state index contributed by atoms with van der Waals surface area (Å²) in [5.74, 6) is -0.00323.